The highest BCUT2D eigenvalue weighted by Crippen LogP contribution is 2.38. The topological polar surface area (TPSA) is 115 Å². The van der Waals surface area contributed by atoms with Crippen molar-refractivity contribution in [2.45, 2.75) is 33.3 Å². The van der Waals surface area contributed by atoms with E-state index < -0.39 is 5.97 Å². The number of anilines is 1. The second-order valence-corrected chi connectivity index (χ2v) is 9.40. The van der Waals surface area contributed by atoms with E-state index in [0.29, 0.717) is 49.8 Å². The molecule has 10 heteroatoms. The fourth-order valence-electron chi connectivity index (χ4n) is 3.68. The molecular formula is C27H23Cl2N3O5. The van der Waals surface area contributed by atoms with E-state index in [9.17, 15) is 9.59 Å². The van der Waals surface area contributed by atoms with Crippen molar-refractivity contribution in [2.24, 2.45) is 0 Å². The van der Waals surface area contributed by atoms with Gasteiger partial charge in [-0.15, -0.1) is 0 Å². The SMILES string of the molecule is Cc1cc(OCc2c(-c3c(Cl)cccc3Cl)noc2C(C)C)ncc1NC(=O)c1ccc(C(=O)O)cc1. The van der Waals surface area contributed by atoms with Gasteiger partial charge in [0.2, 0.25) is 5.88 Å². The number of hydrogen-bond donors (Lipinski definition) is 2. The minimum Gasteiger partial charge on any atom is -0.478 e. The number of aryl methyl sites for hydroxylation is 1. The van der Waals surface area contributed by atoms with Crippen molar-refractivity contribution in [2.75, 3.05) is 5.32 Å². The van der Waals surface area contributed by atoms with Crippen molar-refractivity contribution in [3.05, 3.63) is 92.8 Å². The molecule has 2 N–H and O–H groups in total. The van der Waals surface area contributed by atoms with Crippen molar-refractivity contribution in [1.29, 1.82) is 0 Å². The van der Waals surface area contributed by atoms with Crippen LogP contribution in [0.15, 0.2) is 59.3 Å². The molecule has 0 aliphatic rings. The van der Waals surface area contributed by atoms with Crippen LogP contribution in [0.2, 0.25) is 10.0 Å². The van der Waals surface area contributed by atoms with Gasteiger partial charge in [-0.1, -0.05) is 48.3 Å². The summed E-state index contributed by atoms with van der Waals surface area (Å²) in [5.74, 6) is -0.411. The molecule has 0 bridgehead atoms. The van der Waals surface area contributed by atoms with Gasteiger partial charge in [0, 0.05) is 23.1 Å². The first-order valence-corrected chi connectivity index (χ1v) is 12.1. The number of hydrogen-bond acceptors (Lipinski definition) is 6. The summed E-state index contributed by atoms with van der Waals surface area (Å²) in [4.78, 5) is 27.9. The number of pyridine rings is 1. The van der Waals surface area contributed by atoms with E-state index in [2.05, 4.69) is 15.5 Å². The Labute approximate surface area is 223 Å². The molecule has 0 spiro atoms. The Bertz CT molecular complexity index is 1450. The number of ether oxygens (including phenoxy) is 1. The molecule has 37 heavy (non-hydrogen) atoms. The molecule has 0 fully saturated rings. The van der Waals surface area contributed by atoms with Crippen molar-refractivity contribution in [3.63, 3.8) is 0 Å². The third kappa shape index (κ3) is 5.76. The van der Waals surface area contributed by atoms with Gasteiger partial charge in [0.1, 0.15) is 18.1 Å². The van der Waals surface area contributed by atoms with E-state index in [0.717, 1.165) is 5.56 Å². The number of carboxylic acid groups (broad SMARTS) is 1. The maximum atomic E-state index is 12.6. The Morgan fingerprint density at radius 3 is 2.32 bits per heavy atom. The van der Waals surface area contributed by atoms with Crippen LogP contribution in [0.25, 0.3) is 11.3 Å². The Balaban J connectivity index is 1.52. The van der Waals surface area contributed by atoms with Gasteiger partial charge in [0.25, 0.3) is 5.91 Å². The molecule has 190 valence electrons. The number of nitrogens with one attached hydrogen (secondary N) is 1. The number of carboxylic acids is 1. The van der Waals surface area contributed by atoms with E-state index in [4.69, 9.17) is 37.6 Å². The summed E-state index contributed by atoms with van der Waals surface area (Å²) in [7, 11) is 0. The molecule has 2 aromatic heterocycles. The minimum atomic E-state index is -1.06. The van der Waals surface area contributed by atoms with Gasteiger partial charge in [-0.3, -0.25) is 4.79 Å². The summed E-state index contributed by atoms with van der Waals surface area (Å²) in [6, 6.07) is 12.6. The normalized spacial score (nSPS) is 11.0. The largest absolute Gasteiger partial charge is 0.478 e. The highest BCUT2D eigenvalue weighted by atomic mass is 35.5. The van der Waals surface area contributed by atoms with Gasteiger partial charge in [0.15, 0.2) is 0 Å². The second-order valence-electron chi connectivity index (χ2n) is 8.59. The average molecular weight is 540 g/mol. The summed E-state index contributed by atoms with van der Waals surface area (Å²) in [6.45, 7) is 5.89. The van der Waals surface area contributed by atoms with Crippen molar-refractivity contribution in [1.82, 2.24) is 10.1 Å². The first-order valence-electron chi connectivity index (χ1n) is 11.3. The minimum absolute atomic E-state index is 0.0398. The Morgan fingerprint density at radius 1 is 1.08 bits per heavy atom. The van der Waals surface area contributed by atoms with Gasteiger partial charge < -0.3 is 19.7 Å². The molecule has 0 unspecified atom stereocenters. The number of benzene rings is 2. The molecule has 4 aromatic rings. The van der Waals surface area contributed by atoms with Crippen LogP contribution < -0.4 is 10.1 Å². The Morgan fingerprint density at radius 2 is 1.73 bits per heavy atom. The van der Waals surface area contributed by atoms with E-state index in [1.54, 1.807) is 24.3 Å². The zero-order valence-electron chi connectivity index (χ0n) is 20.2. The van der Waals surface area contributed by atoms with Crippen LogP contribution in [-0.4, -0.2) is 27.1 Å². The fourth-order valence-corrected chi connectivity index (χ4v) is 4.26. The number of carbonyl (C=O) groups excluding carboxylic acids is 1. The molecule has 0 radical (unpaired) electrons. The number of carbonyl (C=O) groups is 2. The first kappa shape index (κ1) is 26.2. The van der Waals surface area contributed by atoms with Gasteiger partial charge >= 0.3 is 5.97 Å². The zero-order valence-corrected chi connectivity index (χ0v) is 21.7. The monoisotopic (exact) mass is 539 g/mol. The van der Waals surface area contributed by atoms with E-state index in [1.165, 1.54) is 30.5 Å². The lowest BCUT2D eigenvalue weighted by atomic mass is 10.0. The molecule has 4 rings (SSSR count). The number of amides is 1. The average Bonchev–Trinajstić information content (AvgIpc) is 3.28. The molecule has 2 heterocycles. The highest BCUT2D eigenvalue weighted by Gasteiger charge is 2.24. The van der Waals surface area contributed by atoms with Crippen LogP contribution in [0, 0.1) is 6.92 Å². The van der Waals surface area contributed by atoms with Gasteiger partial charge in [-0.25, -0.2) is 9.78 Å². The number of rotatable bonds is 8. The maximum Gasteiger partial charge on any atom is 0.335 e. The number of halogens is 2. The summed E-state index contributed by atoms with van der Waals surface area (Å²) >= 11 is 12.8. The number of aromatic carboxylic acids is 1. The van der Waals surface area contributed by atoms with E-state index in [1.807, 2.05) is 20.8 Å². The summed E-state index contributed by atoms with van der Waals surface area (Å²) < 4.78 is 11.6. The third-order valence-corrected chi connectivity index (χ3v) is 6.26. The van der Waals surface area contributed by atoms with E-state index >= 15 is 0 Å². The van der Waals surface area contributed by atoms with Crippen LogP contribution in [0.3, 0.4) is 0 Å². The third-order valence-electron chi connectivity index (χ3n) is 5.63. The molecule has 0 atom stereocenters. The van der Waals surface area contributed by atoms with Gasteiger partial charge in [-0.05, 0) is 48.9 Å². The zero-order chi connectivity index (χ0) is 26.7. The maximum absolute atomic E-state index is 12.6. The highest BCUT2D eigenvalue weighted by molar-refractivity contribution is 6.39. The van der Waals surface area contributed by atoms with Crippen molar-refractivity contribution < 1.29 is 24.0 Å². The molecule has 0 aliphatic carbocycles. The van der Waals surface area contributed by atoms with Gasteiger partial charge in [-0.2, -0.15) is 0 Å². The smallest absolute Gasteiger partial charge is 0.335 e. The lowest BCUT2D eigenvalue weighted by molar-refractivity contribution is 0.0696. The molecule has 8 nitrogen and oxygen atoms in total. The quantitative estimate of drug-likeness (QED) is 0.247. The Hall–Kier alpha value is -3.88. The molecule has 0 saturated heterocycles. The van der Waals surface area contributed by atoms with Crippen LogP contribution >= 0.6 is 23.2 Å². The number of nitrogens with zero attached hydrogens (tertiary/aromatic N) is 2. The van der Waals surface area contributed by atoms with E-state index in [-0.39, 0.29) is 24.0 Å². The van der Waals surface area contributed by atoms with Crippen LogP contribution in [-0.2, 0) is 6.61 Å². The predicted octanol–water partition coefficient (Wildman–Crippen LogP) is 7.00. The molecule has 1 amide bonds. The first-order chi connectivity index (χ1) is 17.7. The molecular weight excluding hydrogens is 517 g/mol. The molecule has 0 aliphatic heterocycles. The van der Waals surface area contributed by atoms with Crippen molar-refractivity contribution in [3.8, 4) is 17.1 Å². The lowest BCUT2D eigenvalue weighted by Gasteiger charge is -2.12. The summed E-state index contributed by atoms with van der Waals surface area (Å²) in [5.41, 5.74) is 3.44. The summed E-state index contributed by atoms with van der Waals surface area (Å²) in [6.07, 6.45) is 1.50. The standard InChI is InChI=1S/C27H23Cl2N3O5/c1-14(2)25-18(24(32-37-25)23-19(28)5-4-6-20(23)29)13-36-22-11-15(3)21(12-30-22)31-26(33)16-7-9-17(10-8-16)27(34)35/h4-12,14H,13H2,1-3H3,(H,31,33)(H,34,35). The van der Waals surface area contributed by atoms with Crippen LogP contribution in [0.5, 0.6) is 5.88 Å². The van der Waals surface area contributed by atoms with Crippen molar-refractivity contribution >= 4 is 40.8 Å². The van der Waals surface area contributed by atoms with Gasteiger partial charge in [0.05, 0.1) is 33.1 Å². The Kier molecular flexibility index (Phi) is 7.80. The van der Waals surface area contributed by atoms with Crippen LogP contribution in [0.4, 0.5) is 5.69 Å². The fraction of sp³-hybridized carbons (Fsp3) is 0.185. The number of aromatic nitrogens is 2. The lowest BCUT2D eigenvalue weighted by Crippen LogP contribution is -2.13. The second kappa shape index (κ2) is 11.0. The molecule has 0 saturated carbocycles. The predicted molar refractivity (Wildman–Crippen MR) is 141 cm³/mol. The molecule has 2 aromatic carbocycles. The summed E-state index contributed by atoms with van der Waals surface area (Å²) in [5, 5.41) is 16.9. The van der Waals surface area contributed by atoms with Crippen LogP contribution in [0.1, 0.15) is 57.4 Å².